The third-order valence-electron chi connectivity index (χ3n) is 4.06. The average Bonchev–Trinajstić information content (AvgIpc) is 2.90. The Hall–Kier alpha value is -1.96. The van der Waals surface area contributed by atoms with Crippen LogP contribution in [0.2, 0.25) is 0 Å². The van der Waals surface area contributed by atoms with Crippen LogP contribution in [0.1, 0.15) is 42.5 Å². The number of hydrogen-bond acceptors (Lipinski definition) is 2. The van der Waals surface area contributed by atoms with E-state index in [1.807, 2.05) is 12.1 Å². The Labute approximate surface area is 120 Å². The number of ether oxygens (including phenoxy) is 1. The SMILES string of the molecule is COc1ccccc1C1Cc2cccc(C(C)C)c2N1. The molecular weight excluding hydrogens is 246 g/mol. The summed E-state index contributed by atoms with van der Waals surface area (Å²) in [6.07, 6.45) is 1.02. The van der Waals surface area contributed by atoms with Crippen molar-refractivity contribution in [3.63, 3.8) is 0 Å². The molecule has 2 nitrogen and oxygen atoms in total. The van der Waals surface area contributed by atoms with Crippen molar-refractivity contribution in [2.75, 3.05) is 12.4 Å². The van der Waals surface area contributed by atoms with Gasteiger partial charge in [-0.1, -0.05) is 50.2 Å². The molecule has 3 rings (SSSR count). The van der Waals surface area contributed by atoms with Gasteiger partial charge >= 0.3 is 0 Å². The van der Waals surface area contributed by atoms with E-state index in [1.165, 1.54) is 22.4 Å². The summed E-state index contributed by atoms with van der Waals surface area (Å²) in [7, 11) is 1.74. The minimum absolute atomic E-state index is 0.307. The Morgan fingerprint density at radius 3 is 2.65 bits per heavy atom. The van der Waals surface area contributed by atoms with Crippen molar-refractivity contribution in [2.24, 2.45) is 0 Å². The van der Waals surface area contributed by atoms with Gasteiger partial charge in [0.05, 0.1) is 13.2 Å². The van der Waals surface area contributed by atoms with Crippen LogP contribution in [0.3, 0.4) is 0 Å². The highest BCUT2D eigenvalue weighted by molar-refractivity contribution is 5.65. The highest BCUT2D eigenvalue weighted by Crippen LogP contribution is 2.41. The van der Waals surface area contributed by atoms with Gasteiger partial charge in [0.1, 0.15) is 5.75 Å². The summed E-state index contributed by atoms with van der Waals surface area (Å²) >= 11 is 0. The number of para-hydroxylation sites is 2. The van der Waals surface area contributed by atoms with E-state index in [0.717, 1.165) is 12.2 Å². The largest absolute Gasteiger partial charge is 0.496 e. The van der Waals surface area contributed by atoms with E-state index in [0.29, 0.717) is 12.0 Å². The maximum absolute atomic E-state index is 5.49. The molecule has 0 bridgehead atoms. The van der Waals surface area contributed by atoms with Crippen LogP contribution < -0.4 is 10.1 Å². The van der Waals surface area contributed by atoms with Gasteiger partial charge in [-0.15, -0.1) is 0 Å². The second-order valence-electron chi connectivity index (χ2n) is 5.68. The van der Waals surface area contributed by atoms with Crippen LogP contribution in [-0.4, -0.2) is 7.11 Å². The summed E-state index contributed by atoms with van der Waals surface area (Å²) in [5.41, 5.74) is 5.37. The summed E-state index contributed by atoms with van der Waals surface area (Å²) in [4.78, 5) is 0. The fourth-order valence-corrected chi connectivity index (χ4v) is 3.03. The van der Waals surface area contributed by atoms with Gasteiger partial charge < -0.3 is 10.1 Å². The number of methoxy groups -OCH3 is 1. The second kappa shape index (κ2) is 5.20. The lowest BCUT2D eigenvalue weighted by atomic mass is 9.97. The standard InChI is InChI=1S/C18H21NO/c1-12(2)14-9-6-7-13-11-16(19-18(13)14)15-8-4-5-10-17(15)20-3/h4-10,12,16,19H,11H2,1-3H3. The van der Waals surface area contributed by atoms with Crippen LogP contribution in [0.4, 0.5) is 5.69 Å². The first-order chi connectivity index (χ1) is 9.70. The van der Waals surface area contributed by atoms with Crippen molar-refractivity contribution in [1.82, 2.24) is 0 Å². The van der Waals surface area contributed by atoms with Crippen LogP contribution in [0.5, 0.6) is 5.75 Å². The predicted octanol–water partition coefficient (Wildman–Crippen LogP) is 4.53. The lowest BCUT2D eigenvalue weighted by Gasteiger charge is -2.17. The van der Waals surface area contributed by atoms with Gasteiger partial charge in [-0.05, 0) is 29.5 Å². The van der Waals surface area contributed by atoms with Crippen molar-refractivity contribution < 1.29 is 4.74 Å². The molecule has 1 heterocycles. The topological polar surface area (TPSA) is 21.3 Å². The maximum atomic E-state index is 5.49. The zero-order valence-electron chi connectivity index (χ0n) is 12.3. The predicted molar refractivity (Wildman–Crippen MR) is 83.6 cm³/mol. The molecule has 2 heteroatoms. The Kier molecular flexibility index (Phi) is 3.39. The van der Waals surface area contributed by atoms with E-state index >= 15 is 0 Å². The monoisotopic (exact) mass is 267 g/mol. The highest BCUT2D eigenvalue weighted by atomic mass is 16.5. The highest BCUT2D eigenvalue weighted by Gasteiger charge is 2.26. The summed E-state index contributed by atoms with van der Waals surface area (Å²) in [6.45, 7) is 4.49. The molecule has 1 N–H and O–H groups in total. The molecule has 0 radical (unpaired) electrons. The average molecular weight is 267 g/mol. The number of fused-ring (bicyclic) bond motifs is 1. The zero-order valence-corrected chi connectivity index (χ0v) is 12.3. The Morgan fingerprint density at radius 1 is 1.10 bits per heavy atom. The molecular formula is C18H21NO. The molecule has 0 amide bonds. The molecule has 20 heavy (non-hydrogen) atoms. The van der Waals surface area contributed by atoms with Crippen molar-refractivity contribution in [1.29, 1.82) is 0 Å². The van der Waals surface area contributed by atoms with Gasteiger partial charge in [-0.2, -0.15) is 0 Å². The first-order valence-corrected chi connectivity index (χ1v) is 7.22. The van der Waals surface area contributed by atoms with E-state index in [4.69, 9.17) is 4.74 Å². The molecule has 0 saturated heterocycles. The van der Waals surface area contributed by atoms with E-state index in [2.05, 4.69) is 49.5 Å². The van der Waals surface area contributed by atoms with E-state index in [1.54, 1.807) is 7.11 Å². The normalized spacial score (nSPS) is 16.9. The minimum atomic E-state index is 0.307. The summed E-state index contributed by atoms with van der Waals surface area (Å²) in [6, 6.07) is 15.2. The fourth-order valence-electron chi connectivity index (χ4n) is 3.03. The molecule has 0 spiro atoms. The molecule has 1 aliphatic rings. The molecule has 1 atom stereocenters. The lowest BCUT2D eigenvalue weighted by Crippen LogP contribution is -2.08. The van der Waals surface area contributed by atoms with Gasteiger partial charge in [0.25, 0.3) is 0 Å². The van der Waals surface area contributed by atoms with Gasteiger partial charge in [-0.3, -0.25) is 0 Å². The summed E-state index contributed by atoms with van der Waals surface area (Å²) in [5, 5.41) is 3.70. The Balaban J connectivity index is 1.96. The van der Waals surface area contributed by atoms with Crippen LogP contribution in [0.15, 0.2) is 42.5 Å². The lowest BCUT2D eigenvalue weighted by molar-refractivity contribution is 0.407. The molecule has 0 aliphatic carbocycles. The first kappa shape index (κ1) is 13.0. The van der Waals surface area contributed by atoms with Crippen LogP contribution in [0, 0.1) is 0 Å². The number of hydrogen-bond donors (Lipinski definition) is 1. The minimum Gasteiger partial charge on any atom is -0.496 e. The molecule has 0 fully saturated rings. The third kappa shape index (κ3) is 2.15. The number of nitrogens with one attached hydrogen (secondary N) is 1. The molecule has 1 aliphatic heterocycles. The van der Waals surface area contributed by atoms with Gasteiger partial charge in [-0.25, -0.2) is 0 Å². The van der Waals surface area contributed by atoms with Crippen LogP contribution >= 0.6 is 0 Å². The van der Waals surface area contributed by atoms with Gasteiger partial charge in [0.15, 0.2) is 0 Å². The quantitative estimate of drug-likeness (QED) is 0.882. The van der Waals surface area contributed by atoms with E-state index in [9.17, 15) is 0 Å². The Morgan fingerprint density at radius 2 is 1.90 bits per heavy atom. The molecule has 1 unspecified atom stereocenters. The summed E-state index contributed by atoms with van der Waals surface area (Å²) in [5.74, 6) is 1.50. The first-order valence-electron chi connectivity index (χ1n) is 7.22. The van der Waals surface area contributed by atoms with Crippen molar-refractivity contribution in [3.8, 4) is 5.75 Å². The Bertz CT molecular complexity index is 619. The maximum Gasteiger partial charge on any atom is 0.124 e. The number of anilines is 1. The van der Waals surface area contributed by atoms with E-state index in [-0.39, 0.29) is 0 Å². The summed E-state index contributed by atoms with van der Waals surface area (Å²) < 4.78 is 5.49. The number of benzene rings is 2. The van der Waals surface area contributed by atoms with Crippen molar-refractivity contribution in [2.45, 2.75) is 32.2 Å². The van der Waals surface area contributed by atoms with Crippen LogP contribution in [-0.2, 0) is 6.42 Å². The van der Waals surface area contributed by atoms with E-state index < -0.39 is 0 Å². The molecule has 2 aromatic carbocycles. The molecule has 0 aromatic heterocycles. The van der Waals surface area contributed by atoms with Crippen molar-refractivity contribution >= 4 is 5.69 Å². The molecule has 104 valence electrons. The van der Waals surface area contributed by atoms with Gasteiger partial charge in [0.2, 0.25) is 0 Å². The van der Waals surface area contributed by atoms with Gasteiger partial charge in [0, 0.05) is 11.3 Å². The zero-order chi connectivity index (χ0) is 14.1. The molecule has 0 saturated carbocycles. The smallest absolute Gasteiger partial charge is 0.124 e. The number of rotatable bonds is 3. The molecule has 2 aromatic rings. The third-order valence-corrected chi connectivity index (χ3v) is 4.06. The van der Waals surface area contributed by atoms with Crippen LogP contribution in [0.25, 0.3) is 0 Å². The second-order valence-corrected chi connectivity index (χ2v) is 5.68. The fraction of sp³-hybridized carbons (Fsp3) is 0.333. The van der Waals surface area contributed by atoms with Crippen molar-refractivity contribution in [3.05, 3.63) is 59.2 Å².